The van der Waals surface area contributed by atoms with Crippen molar-refractivity contribution < 1.29 is 0 Å². The molecule has 0 amide bonds. The van der Waals surface area contributed by atoms with E-state index in [1.807, 2.05) is 0 Å². The first-order valence-corrected chi connectivity index (χ1v) is 8.61. The van der Waals surface area contributed by atoms with Crippen molar-refractivity contribution >= 4 is 0 Å². The summed E-state index contributed by atoms with van der Waals surface area (Å²) in [6, 6.07) is 9.46. The van der Waals surface area contributed by atoms with Gasteiger partial charge in [0.05, 0.1) is 0 Å². The van der Waals surface area contributed by atoms with Crippen LogP contribution in [0.5, 0.6) is 0 Å². The van der Waals surface area contributed by atoms with E-state index in [1.165, 1.54) is 51.4 Å². The zero-order valence-electron chi connectivity index (χ0n) is 12.9. The average Bonchev–Trinajstić information content (AvgIpc) is 2.97. The summed E-state index contributed by atoms with van der Waals surface area (Å²) in [6.45, 7) is 2.33. The Labute approximate surface area is 124 Å². The summed E-state index contributed by atoms with van der Waals surface area (Å²) < 4.78 is 0. The van der Waals surface area contributed by atoms with Crippen molar-refractivity contribution in [2.75, 3.05) is 0 Å². The molecule has 1 aromatic carbocycles. The Morgan fingerprint density at radius 3 is 2.85 bits per heavy atom. The Kier molecular flexibility index (Phi) is 4.45. The van der Waals surface area contributed by atoms with Gasteiger partial charge in [-0.05, 0) is 67.4 Å². The average molecular weight is 271 g/mol. The quantitative estimate of drug-likeness (QED) is 0.847. The van der Waals surface area contributed by atoms with E-state index in [-0.39, 0.29) is 0 Å². The van der Waals surface area contributed by atoms with Crippen LogP contribution in [0.15, 0.2) is 24.3 Å². The molecule has 1 heteroatoms. The molecule has 0 heterocycles. The molecular weight excluding hydrogens is 242 g/mol. The zero-order chi connectivity index (χ0) is 13.9. The molecule has 0 spiro atoms. The largest absolute Gasteiger partial charge is 0.327 e. The summed E-state index contributed by atoms with van der Waals surface area (Å²) >= 11 is 0. The van der Waals surface area contributed by atoms with E-state index in [9.17, 15) is 0 Å². The molecular formula is C19H29N. The van der Waals surface area contributed by atoms with E-state index < -0.39 is 0 Å². The third-order valence-corrected chi connectivity index (χ3v) is 5.81. The molecule has 4 atom stereocenters. The number of fused-ring (bicyclic) bond motifs is 1. The Morgan fingerprint density at radius 2 is 2.05 bits per heavy atom. The van der Waals surface area contributed by atoms with Crippen LogP contribution in [-0.4, -0.2) is 6.04 Å². The lowest BCUT2D eigenvalue weighted by atomic mass is 9.77. The molecule has 2 aliphatic rings. The van der Waals surface area contributed by atoms with E-state index in [1.54, 1.807) is 11.1 Å². The van der Waals surface area contributed by atoms with Crippen molar-refractivity contribution in [3.8, 4) is 0 Å². The van der Waals surface area contributed by atoms with E-state index >= 15 is 0 Å². The summed E-state index contributed by atoms with van der Waals surface area (Å²) in [4.78, 5) is 0. The van der Waals surface area contributed by atoms with E-state index in [0.717, 1.165) is 17.8 Å². The summed E-state index contributed by atoms with van der Waals surface area (Å²) in [6.07, 6.45) is 10.7. The molecule has 2 aliphatic carbocycles. The lowest BCUT2D eigenvalue weighted by molar-refractivity contribution is 0.354. The highest BCUT2D eigenvalue weighted by Crippen LogP contribution is 2.39. The van der Waals surface area contributed by atoms with Crippen molar-refractivity contribution in [1.82, 2.24) is 0 Å². The van der Waals surface area contributed by atoms with Gasteiger partial charge in [-0.1, -0.05) is 44.0 Å². The van der Waals surface area contributed by atoms with Crippen LogP contribution in [0.2, 0.25) is 0 Å². The Morgan fingerprint density at radius 1 is 1.20 bits per heavy atom. The van der Waals surface area contributed by atoms with Gasteiger partial charge in [0.2, 0.25) is 0 Å². The van der Waals surface area contributed by atoms with Crippen molar-refractivity contribution in [2.24, 2.45) is 17.6 Å². The van der Waals surface area contributed by atoms with Crippen molar-refractivity contribution in [3.63, 3.8) is 0 Å². The molecule has 20 heavy (non-hydrogen) atoms. The minimum atomic E-state index is 0.419. The molecule has 0 radical (unpaired) electrons. The van der Waals surface area contributed by atoms with Gasteiger partial charge in [0.1, 0.15) is 0 Å². The standard InChI is InChI=1S/C19H29N/c1-2-14-10-11-17(12-14)19(20)13-16-8-5-7-15-6-3-4-9-18(15)16/h3-4,6,9,14,16-17,19H,2,5,7-8,10-13,20H2,1H3. The van der Waals surface area contributed by atoms with Crippen LogP contribution in [0, 0.1) is 11.8 Å². The molecule has 0 aliphatic heterocycles. The highest BCUT2D eigenvalue weighted by atomic mass is 14.7. The molecule has 0 aromatic heterocycles. The molecule has 0 bridgehead atoms. The van der Waals surface area contributed by atoms with Crippen molar-refractivity contribution in [2.45, 2.75) is 70.3 Å². The molecule has 2 N–H and O–H groups in total. The normalized spacial score (nSPS) is 31.0. The van der Waals surface area contributed by atoms with Crippen LogP contribution in [-0.2, 0) is 6.42 Å². The summed E-state index contributed by atoms with van der Waals surface area (Å²) in [5.74, 6) is 2.45. The van der Waals surface area contributed by atoms with Crippen molar-refractivity contribution in [1.29, 1.82) is 0 Å². The minimum absolute atomic E-state index is 0.419. The predicted octanol–water partition coefficient (Wildman–Crippen LogP) is 4.65. The van der Waals surface area contributed by atoms with E-state index in [0.29, 0.717) is 6.04 Å². The number of nitrogens with two attached hydrogens (primary N) is 1. The SMILES string of the molecule is CCC1CCC(C(N)CC2CCCc3ccccc32)C1. The molecule has 1 saturated carbocycles. The van der Waals surface area contributed by atoms with Gasteiger partial charge < -0.3 is 5.73 Å². The molecule has 1 nitrogen and oxygen atoms in total. The van der Waals surface area contributed by atoms with Gasteiger partial charge in [-0.25, -0.2) is 0 Å². The molecule has 1 aromatic rings. The second-order valence-electron chi connectivity index (χ2n) is 7.03. The smallest absolute Gasteiger partial charge is 0.00730 e. The fourth-order valence-corrected chi connectivity index (χ4v) is 4.49. The second kappa shape index (κ2) is 6.30. The summed E-state index contributed by atoms with van der Waals surface area (Å²) in [5.41, 5.74) is 9.76. The molecule has 1 fully saturated rings. The highest BCUT2D eigenvalue weighted by Gasteiger charge is 2.30. The zero-order valence-corrected chi connectivity index (χ0v) is 12.9. The monoisotopic (exact) mass is 271 g/mol. The maximum atomic E-state index is 6.58. The van der Waals surface area contributed by atoms with Crippen LogP contribution >= 0.6 is 0 Å². The van der Waals surface area contributed by atoms with Crippen LogP contribution in [0.4, 0.5) is 0 Å². The Bertz CT molecular complexity index is 439. The number of aryl methyl sites for hydroxylation is 1. The van der Waals surface area contributed by atoms with Crippen LogP contribution in [0.3, 0.4) is 0 Å². The lowest BCUT2D eigenvalue weighted by Crippen LogP contribution is -2.31. The first-order valence-electron chi connectivity index (χ1n) is 8.61. The Hall–Kier alpha value is -0.820. The van der Waals surface area contributed by atoms with Gasteiger partial charge >= 0.3 is 0 Å². The van der Waals surface area contributed by atoms with E-state index in [4.69, 9.17) is 5.73 Å². The number of hydrogen-bond acceptors (Lipinski definition) is 1. The van der Waals surface area contributed by atoms with Gasteiger partial charge in [-0.15, -0.1) is 0 Å². The second-order valence-corrected chi connectivity index (χ2v) is 7.03. The van der Waals surface area contributed by atoms with Crippen LogP contribution in [0.25, 0.3) is 0 Å². The van der Waals surface area contributed by atoms with Gasteiger partial charge in [-0.3, -0.25) is 0 Å². The van der Waals surface area contributed by atoms with Crippen molar-refractivity contribution in [3.05, 3.63) is 35.4 Å². The highest BCUT2D eigenvalue weighted by molar-refractivity contribution is 5.32. The molecule has 3 rings (SSSR count). The molecule has 0 saturated heterocycles. The summed E-state index contributed by atoms with van der Waals surface area (Å²) in [7, 11) is 0. The first-order chi connectivity index (χ1) is 9.78. The fraction of sp³-hybridized carbons (Fsp3) is 0.684. The van der Waals surface area contributed by atoms with Gasteiger partial charge in [0.15, 0.2) is 0 Å². The number of benzene rings is 1. The Balaban J connectivity index is 1.64. The maximum absolute atomic E-state index is 6.58. The molecule has 110 valence electrons. The van der Waals surface area contributed by atoms with Crippen LogP contribution in [0.1, 0.15) is 68.9 Å². The minimum Gasteiger partial charge on any atom is -0.327 e. The third-order valence-electron chi connectivity index (χ3n) is 5.81. The first kappa shape index (κ1) is 14.1. The van der Waals surface area contributed by atoms with E-state index in [2.05, 4.69) is 31.2 Å². The lowest BCUT2D eigenvalue weighted by Gasteiger charge is -2.30. The van der Waals surface area contributed by atoms with Gasteiger partial charge in [0, 0.05) is 6.04 Å². The van der Waals surface area contributed by atoms with Crippen LogP contribution < -0.4 is 5.73 Å². The van der Waals surface area contributed by atoms with Gasteiger partial charge in [0.25, 0.3) is 0 Å². The maximum Gasteiger partial charge on any atom is 0.00730 e. The summed E-state index contributed by atoms with van der Waals surface area (Å²) in [5, 5.41) is 0. The van der Waals surface area contributed by atoms with Gasteiger partial charge in [-0.2, -0.15) is 0 Å². The molecule has 4 unspecified atom stereocenters. The third kappa shape index (κ3) is 2.93. The predicted molar refractivity (Wildman–Crippen MR) is 85.8 cm³/mol. The topological polar surface area (TPSA) is 26.0 Å². The number of rotatable bonds is 4. The number of hydrogen-bond donors (Lipinski definition) is 1. The fourth-order valence-electron chi connectivity index (χ4n) is 4.49.